The van der Waals surface area contributed by atoms with Crippen molar-refractivity contribution in [2.45, 2.75) is 32.2 Å². The Morgan fingerprint density at radius 2 is 2.12 bits per heavy atom. The number of rotatable bonds is 2. The van der Waals surface area contributed by atoms with Crippen LogP contribution in [0.3, 0.4) is 0 Å². The average Bonchev–Trinajstić information content (AvgIpc) is 2.95. The summed E-state index contributed by atoms with van der Waals surface area (Å²) in [4.78, 5) is 30.3. The fourth-order valence-corrected chi connectivity index (χ4v) is 3.19. The average molecular weight is 327 g/mol. The van der Waals surface area contributed by atoms with Gasteiger partial charge in [-0.1, -0.05) is 0 Å². The molecular formula is C17H21N5O2. The number of carbonyl (C=O) groups excluding carboxylic acids is 2. The van der Waals surface area contributed by atoms with Crippen LogP contribution in [0.5, 0.6) is 0 Å². The minimum Gasteiger partial charge on any atom is -0.330 e. The number of amides is 2. The molecule has 1 aliphatic rings. The summed E-state index contributed by atoms with van der Waals surface area (Å²) in [7, 11) is 3.57. The lowest BCUT2D eigenvalue weighted by molar-refractivity contribution is -0.144. The largest absolute Gasteiger partial charge is 0.330 e. The van der Waals surface area contributed by atoms with Crippen LogP contribution in [-0.2, 0) is 23.1 Å². The van der Waals surface area contributed by atoms with Gasteiger partial charge in [0.15, 0.2) is 0 Å². The molecule has 0 aromatic carbocycles. The first-order valence-corrected chi connectivity index (χ1v) is 7.98. The Hall–Kier alpha value is -2.70. The van der Waals surface area contributed by atoms with Crippen molar-refractivity contribution in [2.75, 3.05) is 12.4 Å². The molecule has 0 bridgehead atoms. The van der Waals surface area contributed by atoms with Crippen molar-refractivity contribution in [2.24, 2.45) is 7.05 Å². The number of nitrogens with zero attached hydrogens (tertiary/aromatic N) is 4. The van der Waals surface area contributed by atoms with Gasteiger partial charge >= 0.3 is 11.8 Å². The van der Waals surface area contributed by atoms with E-state index in [-0.39, 0.29) is 6.04 Å². The number of nitrogens with one attached hydrogen (secondary N) is 1. The van der Waals surface area contributed by atoms with Gasteiger partial charge in [-0.3, -0.25) is 19.3 Å². The summed E-state index contributed by atoms with van der Waals surface area (Å²) in [6, 6.07) is 1.66. The highest BCUT2D eigenvalue weighted by molar-refractivity contribution is 6.39. The van der Waals surface area contributed by atoms with Gasteiger partial charge in [0.2, 0.25) is 0 Å². The van der Waals surface area contributed by atoms with E-state index < -0.39 is 11.8 Å². The topological polar surface area (TPSA) is 80.1 Å². The zero-order chi connectivity index (χ0) is 17.3. The molecule has 0 aliphatic heterocycles. The third kappa shape index (κ3) is 3.02. The van der Waals surface area contributed by atoms with Crippen LogP contribution in [0.4, 0.5) is 5.69 Å². The quantitative estimate of drug-likeness (QED) is 0.850. The number of pyridine rings is 1. The van der Waals surface area contributed by atoms with Gasteiger partial charge in [0.1, 0.15) is 0 Å². The first-order valence-electron chi connectivity index (χ1n) is 7.98. The van der Waals surface area contributed by atoms with Gasteiger partial charge < -0.3 is 10.2 Å². The molecule has 2 aromatic heterocycles. The summed E-state index contributed by atoms with van der Waals surface area (Å²) in [5, 5.41) is 6.90. The predicted molar refractivity (Wildman–Crippen MR) is 89.3 cm³/mol. The second-order valence-corrected chi connectivity index (χ2v) is 6.20. The van der Waals surface area contributed by atoms with E-state index in [1.165, 1.54) is 11.1 Å². The number of hydrogen-bond acceptors (Lipinski definition) is 4. The molecule has 1 aliphatic carbocycles. The Kier molecular flexibility index (Phi) is 4.33. The van der Waals surface area contributed by atoms with Crippen LogP contribution in [-0.4, -0.2) is 38.5 Å². The molecule has 2 heterocycles. The summed E-state index contributed by atoms with van der Waals surface area (Å²) in [6.45, 7) is 1.88. The minimum absolute atomic E-state index is 0.115. The van der Waals surface area contributed by atoms with Crippen LogP contribution in [0, 0.1) is 6.92 Å². The summed E-state index contributed by atoms with van der Waals surface area (Å²) in [5.41, 5.74) is 3.60. The third-order valence-corrected chi connectivity index (χ3v) is 4.46. The maximum Gasteiger partial charge on any atom is 0.313 e. The molecule has 7 heteroatoms. The van der Waals surface area contributed by atoms with Crippen LogP contribution in [0.2, 0.25) is 0 Å². The van der Waals surface area contributed by atoms with E-state index >= 15 is 0 Å². The lowest BCUT2D eigenvalue weighted by Crippen LogP contribution is -2.40. The van der Waals surface area contributed by atoms with Crippen molar-refractivity contribution in [1.29, 1.82) is 0 Å². The molecule has 2 aromatic rings. The molecule has 0 saturated carbocycles. The summed E-state index contributed by atoms with van der Waals surface area (Å²) in [6.07, 6.45) is 7.77. The van der Waals surface area contributed by atoms with Crippen LogP contribution in [0.15, 0.2) is 24.7 Å². The standard InChI is InChI=1S/C17H21N5O2/c1-11-7-12(9-18-8-11)20-16(23)17(24)21(2)14-5-4-6-15-13(14)10-19-22(15)3/h7-10,14H,4-6H2,1-3H3,(H,20,23). The number of likely N-dealkylation sites (N-methyl/N-ethyl adjacent to an activating group) is 1. The first kappa shape index (κ1) is 16.2. The number of aromatic nitrogens is 3. The van der Waals surface area contributed by atoms with Crippen molar-refractivity contribution in [1.82, 2.24) is 19.7 Å². The van der Waals surface area contributed by atoms with Crippen LogP contribution in [0.25, 0.3) is 0 Å². The highest BCUT2D eigenvalue weighted by Crippen LogP contribution is 2.33. The summed E-state index contributed by atoms with van der Waals surface area (Å²) < 4.78 is 1.85. The van der Waals surface area contributed by atoms with Gasteiger partial charge in [-0.15, -0.1) is 0 Å². The minimum atomic E-state index is -0.652. The lowest BCUT2D eigenvalue weighted by atomic mass is 9.92. The second-order valence-electron chi connectivity index (χ2n) is 6.20. The number of fused-ring (bicyclic) bond motifs is 1. The van der Waals surface area contributed by atoms with E-state index in [9.17, 15) is 9.59 Å². The van der Waals surface area contributed by atoms with Crippen LogP contribution < -0.4 is 5.32 Å². The maximum absolute atomic E-state index is 12.5. The fraction of sp³-hybridized carbons (Fsp3) is 0.412. The van der Waals surface area contributed by atoms with Crippen molar-refractivity contribution < 1.29 is 9.59 Å². The molecule has 0 saturated heterocycles. The number of hydrogen-bond donors (Lipinski definition) is 1. The molecule has 126 valence electrons. The fourth-order valence-electron chi connectivity index (χ4n) is 3.19. The zero-order valence-corrected chi connectivity index (χ0v) is 14.1. The summed E-state index contributed by atoms with van der Waals surface area (Å²) >= 11 is 0. The smallest absolute Gasteiger partial charge is 0.313 e. The molecule has 0 radical (unpaired) electrons. The Morgan fingerprint density at radius 1 is 1.33 bits per heavy atom. The predicted octanol–water partition coefficient (Wildman–Crippen LogP) is 1.60. The SMILES string of the molecule is Cc1cncc(NC(=O)C(=O)N(C)C2CCCc3c2cnn3C)c1. The monoisotopic (exact) mass is 327 g/mol. The molecule has 24 heavy (non-hydrogen) atoms. The zero-order valence-electron chi connectivity index (χ0n) is 14.1. The second kappa shape index (κ2) is 6.43. The third-order valence-electron chi connectivity index (χ3n) is 4.46. The van der Waals surface area contributed by atoms with E-state index in [0.717, 1.165) is 36.1 Å². The van der Waals surface area contributed by atoms with E-state index in [1.807, 2.05) is 18.7 Å². The molecule has 1 unspecified atom stereocenters. The first-order chi connectivity index (χ1) is 11.5. The van der Waals surface area contributed by atoms with Crippen LogP contribution >= 0.6 is 0 Å². The Morgan fingerprint density at radius 3 is 2.88 bits per heavy atom. The normalized spacial score (nSPS) is 16.4. The van der Waals surface area contributed by atoms with Gasteiger partial charge in [-0.25, -0.2) is 0 Å². The maximum atomic E-state index is 12.5. The molecule has 0 fully saturated rings. The van der Waals surface area contributed by atoms with Gasteiger partial charge in [-0.2, -0.15) is 5.10 Å². The van der Waals surface area contributed by atoms with E-state index in [4.69, 9.17) is 0 Å². The van der Waals surface area contributed by atoms with E-state index in [0.29, 0.717) is 5.69 Å². The van der Waals surface area contributed by atoms with Gasteiger partial charge in [-0.05, 0) is 37.8 Å². The summed E-state index contributed by atoms with van der Waals surface area (Å²) in [5.74, 6) is -1.21. The van der Waals surface area contributed by atoms with Crippen molar-refractivity contribution >= 4 is 17.5 Å². The highest BCUT2D eigenvalue weighted by atomic mass is 16.2. The van der Waals surface area contributed by atoms with E-state index in [2.05, 4.69) is 15.4 Å². The molecular weight excluding hydrogens is 306 g/mol. The number of anilines is 1. The van der Waals surface area contributed by atoms with Gasteiger partial charge in [0, 0.05) is 31.5 Å². The molecule has 1 atom stereocenters. The number of aryl methyl sites for hydroxylation is 2. The highest BCUT2D eigenvalue weighted by Gasteiger charge is 2.31. The molecule has 0 spiro atoms. The van der Waals surface area contributed by atoms with Crippen molar-refractivity contribution in [3.63, 3.8) is 0 Å². The van der Waals surface area contributed by atoms with Crippen molar-refractivity contribution in [3.05, 3.63) is 41.5 Å². The van der Waals surface area contributed by atoms with E-state index in [1.54, 1.807) is 25.5 Å². The Labute approximate surface area is 140 Å². The molecule has 3 rings (SSSR count). The van der Waals surface area contributed by atoms with Crippen molar-refractivity contribution in [3.8, 4) is 0 Å². The Balaban J connectivity index is 1.74. The molecule has 7 nitrogen and oxygen atoms in total. The van der Waals surface area contributed by atoms with Gasteiger partial charge in [0.25, 0.3) is 0 Å². The molecule has 1 N–H and O–H groups in total. The molecule has 2 amide bonds. The number of carbonyl (C=O) groups is 2. The Bertz CT molecular complexity index is 783. The van der Waals surface area contributed by atoms with Gasteiger partial charge in [0.05, 0.1) is 24.1 Å². The lowest BCUT2D eigenvalue weighted by Gasteiger charge is -2.31. The van der Waals surface area contributed by atoms with Crippen LogP contribution in [0.1, 0.15) is 35.7 Å².